The molecule has 14 nitrogen and oxygen atoms in total. The van der Waals surface area contributed by atoms with Crippen molar-refractivity contribution in [3.63, 3.8) is 0 Å². The van der Waals surface area contributed by atoms with E-state index in [1.54, 1.807) is 24.3 Å². The molecule has 346 valence electrons. The quantitative estimate of drug-likeness (QED) is 0.0389. The number of carbonyl (C=O) groups is 5. The first-order valence-corrected chi connectivity index (χ1v) is 25.8. The van der Waals surface area contributed by atoms with Crippen molar-refractivity contribution in [2.45, 2.75) is 53.5 Å². The van der Waals surface area contributed by atoms with Crippen LogP contribution >= 0.6 is 63.7 Å². The fourth-order valence-corrected chi connectivity index (χ4v) is 8.01. The molecule has 1 aliphatic rings. The molecule has 4 aromatic rings. The predicted molar refractivity (Wildman–Crippen MR) is 266 cm³/mol. The first kappa shape index (κ1) is 51.7. The second kappa shape index (κ2) is 28.0. The van der Waals surface area contributed by atoms with Crippen molar-refractivity contribution in [1.82, 2.24) is 31.2 Å². The number of benzene rings is 2. The Kier molecular flexibility index (Phi) is 22.2. The molecule has 5 amide bonds. The van der Waals surface area contributed by atoms with Crippen molar-refractivity contribution < 1.29 is 33.4 Å². The molecule has 1 aliphatic heterocycles. The number of nitrogens with zero attached hydrogens (tertiary/aromatic N) is 3. The van der Waals surface area contributed by atoms with Crippen molar-refractivity contribution in [2.75, 3.05) is 57.5 Å². The molecule has 0 spiro atoms. The molecule has 2 aromatic heterocycles. The number of carbonyl (C=O) groups excluding carboxylic acids is 5. The van der Waals surface area contributed by atoms with Crippen LogP contribution in [0.2, 0.25) is 0 Å². The van der Waals surface area contributed by atoms with Gasteiger partial charge in [-0.05, 0) is 59.9 Å². The number of anilines is 1. The van der Waals surface area contributed by atoms with Gasteiger partial charge in [0.15, 0.2) is 0 Å². The van der Waals surface area contributed by atoms with E-state index in [4.69, 9.17) is 9.47 Å². The Morgan fingerprint density at radius 1 is 0.600 bits per heavy atom. The van der Waals surface area contributed by atoms with E-state index in [0.717, 1.165) is 22.4 Å². The maximum atomic E-state index is 13.5. The summed E-state index contributed by atoms with van der Waals surface area (Å²) >= 11 is 13.6. The molecule has 5 rings (SSSR count). The number of alkyl halides is 4. The van der Waals surface area contributed by atoms with Crippen LogP contribution in [0.25, 0.3) is 12.2 Å². The summed E-state index contributed by atoms with van der Waals surface area (Å²) in [5, 5.41) is 13.3. The largest absolute Gasteiger partial charge is 0.377 e. The molecule has 0 radical (unpaired) electrons. The summed E-state index contributed by atoms with van der Waals surface area (Å²) in [5.74, 6) is -1.99. The average Bonchev–Trinajstić information content (AvgIpc) is 3.33. The van der Waals surface area contributed by atoms with Gasteiger partial charge in [-0.1, -0.05) is 118 Å². The number of nitrogens with one attached hydrogen (secondary N) is 4. The van der Waals surface area contributed by atoms with Crippen molar-refractivity contribution in [2.24, 2.45) is 5.92 Å². The summed E-state index contributed by atoms with van der Waals surface area (Å²) in [6.45, 7) is 2.01. The van der Waals surface area contributed by atoms with Gasteiger partial charge in [-0.25, -0.2) is 0 Å². The van der Waals surface area contributed by atoms with E-state index < -0.39 is 5.92 Å². The topological polar surface area (TPSA) is 181 Å². The van der Waals surface area contributed by atoms with Gasteiger partial charge in [-0.15, -0.1) is 0 Å². The van der Waals surface area contributed by atoms with Gasteiger partial charge in [0, 0.05) is 71.5 Å². The van der Waals surface area contributed by atoms with Crippen molar-refractivity contribution in [3.8, 4) is 0 Å². The van der Waals surface area contributed by atoms with E-state index in [1.165, 1.54) is 0 Å². The number of fused-ring (bicyclic) bond motifs is 2. The predicted octanol–water partition coefficient (Wildman–Crippen LogP) is 7.38. The molecule has 0 bridgehead atoms. The normalized spacial score (nSPS) is 12.4. The Hall–Kier alpha value is -4.33. The molecule has 0 fully saturated rings. The van der Waals surface area contributed by atoms with Gasteiger partial charge in [-0.2, -0.15) is 0 Å². The Balaban J connectivity index is 0.975. The second-order valence-electron chi connectivity index (χ2n) is 15.0. The van der Waals surface area contributed by atoms with E-state index in [1.807, 2.05) is 53.4 Å². The third kappa shape index (κ3) is 16.8. The van der Waals surface area contributed by atoms with Crippen molar-refractivity contribution >= 4 is 111 Å². The average molecular weight is 1150 g/mol. The molecular formula is C47H53Br4N7O7. The maximum absolute atomic E-state index is 13.5. The molecule has 2 aromatic carbocycles. The molecular weight excluding hydrogens is 1090 g/mol. The van der Waals surface area contributed by atoms with E-state index in [-0.39, 0.29) is 69.0 Å². The zero-order valence-electron chi connectivity index (χ0n) is 35.9. The van der Waals surface area contributed by atoms with Gasteiger partial charge in [0.2, 0.25) is 17.7 Å². The number of halogens is 4. The lowest BCUT2D eigenvalue weighted by Gasteiger charge is -2.27. The van der Waals surface area contributed by atoms with Crippen LogP contribution in [0.5, 0.6) is 0 Å². The summed E-state index contributed by atoms with van der Waals surface area (Å²) < 4.78 is 11.2. The molecule has 65 heavy (non-hydrogen) atoms. The van der Waals surface area contributed by atoms with E-state index in [0.29, 0.717) is 101 Å². The highest BCUT2D eigenvalue weighted by Crippen LogP contribution is 2.29. The molecule has 0 saturated heterocycles. The number of pyridine rings is 2. The second-order valence-corrected chi connectivity index (χ2v) is 17.2. The SMILES string of the molecule is O=C(CCCCC(=O)N1Cc2ccccc2/C=C\c2ccccc21)NCCOCCOCCNC(=O)C(CNC(=O)c1cc(CBr)nc(CBr)c1)CNC(=O)c1cc(CBr)nc(CBr)c1. The van der Waals surface area contributed by atoms with Gasteiger partial charge in [0.05, 0.1) is 67.4 Å². The fraction of sp³-hybridized carbons (Fsp3) is 0.383. The summed E-state index contributed by atoms with van der Waals surface area (Å²) in [4.78, 5) is 76.5. The number of hydrogen-bond donors (Lipinski definition) is 4. The number of rotatable bonds is 25. The lowest BCUT2D eigenvalue weighted by molar-refractivity contribution is -0.125. The lowest BCUT2D eigenvalue weighted by atomic mass is 10.0. The lowest BCUT2D eigenvalue weighted by Crippen LogP contribution is -2.45. The van der Waals surface area contributed by atoms with Crippen LogP contribution in [0, 0.1) is 5.92 Å². The number of aromatic nitrogens is 2. The minimum atomic E-state index is -0.797. The van der Waals surface area contributed by atoms with Crippen LogP contribution in [0.1, 0.15) is 85.9 Å². The summed E-state index contributed by atoms with van der Waals surface area (Å²) in [5.41, 5.74) is 7.63. The molecule has 4 N–H and O–H groups in total. The van der Waals surface area contributed by atoms with Gasteiger partial charge in [0.1, 0.15) is 0 Å². The summed E-state index contributed by atoms with van der Waals surface area (Å²) in [6.07, 6.45) is 5.97. The van der Waals surface area contributed by atoms with Gasteiger partial charge >= 0.3 is 0 Å². The fourth-order valence-electron chi connectivity index (χ4n) is 6.86. The number of amides is 5. The Bertz CT molecular complexity index is 2170. The van der Waals surface area contributed by atoms with Crippen LogP contribution < -0.4 is 26.2 Å². The van der Waals surface area contributed by atoms with Crippen LogP contribution in [0.3, 0.4) is 0 Å². The Morgan fingerprint density at radius 3 is 1.66 bits per heavy atom. The van der Waals surface area contributed by atoms with Crippen molar-refractivity contribution in [1.29, 1.82) is 0 Å². The van der Waals surface area contributed by atoms with Crippen LogP contribution in [-0.4, -0.2) is 92.1 Å². The standard InChI is InChI=1S/C47H53Br4N7O7/c48-25-38-21-35(22-39(26-49)56-38)45(61)54-29-37(30-55-46(62)36-23-40(27-50)57-41(24-36)28-51)47(63)53-16-18-65-20-19-64-17-15-52-43(59)11-5-6-12-44(60)58-31-34-9-2-1-7-32(34)13-14-33-8-3-4-10-42(33)58/h1-4,7-10,13-14,21-24,37H,5-6,11-12,15-20,25-31H2,(H,52,59)(H,53,63)(H,54,61)(H,55,62)/b14-13-. The number of hydrogen-bond acceptors (Lipinski definition) is 9. The van der Waals surface area contributed by atoms with E-state index >= 15 is 0 Å². The van der Waals surface area contributed by atoms with E-state index in [9.17, 15) is 24.0 Å². The highest BCUT2D eigenvalue weighted by molar-refractivity contribution is 9.09. The molecule has 0 saturated carbocycles. The monoisotopic (exact) mass is 1140 g/mol. The number of para-hydroxylation sites is 1. The molecule has 18 heteroatoms. The van der Waals surface area contributed by atoms with E-state index in [2.05, 4.69) is 107 Å². The maximum Gasteiger partial charge on any atom is 0.251 e. The minimum absolute atomic E-state index is 0.0254. The molecule has 3 heterocycles. The highest BCUT2D eigenvalue weighted by atomic mass is 79.9. The van der Waals surface area contributed by atoms with Crippen LogP contribution in [0.15, 0.2) is 72.8 Å². The smallest absolute Gasteiger partial charge is 0.251 e. The molecule has 0 unspecified atom stereocenters. The minimum Gasteiger partial charge on any atom is -0.377 e. The van der Waals surface area contributed by atoms with Gasteiger partial charge in [0.25, 0.3) is 11.8 Å². The summed E-state index contributed by atoms with van der Waals surface area (Å²) in [7, 11) is 0. The first-order chi connectivity index (χ1) is 31.6. The third-order valence-corrected chi connectivity index (χ3v) is 12.5. The number of ether oxygens (including phenoxy) is 2. The van der Waals surface area contributed by atoms with Crippen LogP contribution in [-0.2, 0) is 51.7 Å². The Morgan fingerprint density at radius 2 is 1.09 bits per heavy atom. The zero-order valence-corrected chi connectivity index (χ0v) is 42.2. The summed E-state index contributed by atoms with van der Waals surface area (Å²) in [6, 6.07) is 22.7. The zero-order chi connectivity index (χ0) is 46.4. The van der Waals surface area contributed by atoms with Gasteiger partial charge < -0.3 is 35.6 Å². The van der Waals surface area contributed by atoms with Crippen molar-refractivity contribution in [3.05, 3.63) is 123 Å². The highest BCUT2D eigenvalue weighted by Gasteiger charge is 2.23. The molecule has 0 atom stereocenters. The first-order valence-electron chi connectivity index (χ1n) is 21.3. The van der Waals surface area contributed by atoms with Gasteiger partial charge in [-0.3, -0.25) is 33.9 Å². The number of unbranched alkanes of at least 4 members (excludes halogenated alkanes) is 1. The molecule has 0 aliphatic carbocycles. The Labute approximate surface area is 413 Å². The third-order valence-electron chi connectivity index (χ3n) is 10.2. The van der Waals surface area contributed by atoms with Crippen LogP contribution in [0.4, 0.5) is 5.69 Å².